The number of carboxylic acids is 1. The van der Waals surface area contributed by atoms with Gasteiger partial charge in [0.25, 0.3) is 0 Å². The van der Waals surface area contributed by atoms with Gasteiger partial charge in [-0.15, -0.1) is 0 Å². The summed E-state index contributed by atoms with van der Waals surface area (Å²) in [5, 5.41) is 9.36. The predicted octanol–water partition coefficient (Wildman–Crippen LogP) is 3.61. The summed E-state index contributed by atoms with van der Waals surface area (Å²) in [6.07, 6.45) is 2.90. The number of aliphatic carboxylic acids is 1. The van der Waals surface area contributed by atoms with Gasteiger partial charge in [-0.1, -0.05) is 37.1 Å². The average Bonchev–Trinajstić information content (AvgIpc) is 2.16. The molecule has 3 heteroatoms. The molecule has 1 rings (SSSR count). The predicted molar refractivity (Wildman–Crippen MR) is 62.0 cm³/mol. The van der Waals surface area contributed by atoms with E-state index < -0.39 is 5.97 Å². The number of benzene rings is 1. The van der Waals surface area contributed by atoms with Crippen molar-refractivity contribution in [1.82, 2.24) is 0 Å². The zero-order valence-corrected chi connectivity index (χ0v) is 9.29. The Balaban J connectivity index is 3.04. The summed E-state index contributed by atoms with van der Waals surface area (Å²) in [4.78, 5) is 10.6. The Bertz CT molecular complexity index is 383. The van der Waals surface area contributed by atoms with Crippen molar-refractivity contribution < 1.29 is 9.90 Å². The third kappa shape index (κ3) is 3.76. The summed E-state index contributed by atoms with van der Waals surface area (Å²) >= 11 is 5.85. The van der Waals surface area contributed by atoms with Gasteiger partial charge in [-0.2, -0.15) is 0 Å². The van der Waals surface area contributed by atoms with Crippen LogP contribution in [0.2, 0.25) is 5.02 Å². The second-order valence-corrected chi connectivity index (χ2v) is 3.70. The van der Waals surface area contributed by atoms with Crippen molar-refractivity contribution in [2.75, 3.05) is 0 Å². The normalized spacial score (nSPS) is 11.5. The highest BCUT2D eigenvalue weighted by atomic mass is 35.5. The van der Waals surface area contributed by atoms with Crippen molar-refractivity contribution in [3.8, 4) is 0 Å². The minimum Gasteiger partial charge on any atom is -0.478 e. The molecule has 0 heterocycles. The smallest absolute Gasteiger partial charge is 0.328 e. The number of carbonyl (C=O) groups is 1. The molecule has 1 aromatic carbocycles. The molecule has 0 aliphatic rings. The fraction of sp³-hybridized carbons (Fsp3) is 0.250. The van der Waals surface area contributed by atoms with Gasteiger partial charge in [0.2, 0.25) is 0 Å². The molecule has 1 aromatic rings. The van der Waals surface area contributed by atoms with E-state index in [2.05, 4.69) is 0 Å². The second kappa shape index (κ2) is 5.56. The molecule has 0 unspecified atom stereocenters. The molecule has 0 atom stereocenters. The van der Waals surface area contributed by atoms with Gasteiger partial charge < -0.3 is 5.11 Å². The Morgan fingerprint density at radius 3 is 2.80 bits per heavy atom. The first-order valence-corrected chi connectivity index (χ1v) is 5.20. The van der Waals surface area contributed by atoms with Crippen LogP contribution in [0.3, 0.4) is 0 Å². The zero-order valence-electron chi connectivity index (χ0n) is 8.53. The molecule has 0 amide bonds. The molecule has 0 aliphatic carbocycles. The van der Waals surface area contributed by atoms with Gasteiger partial charge in [-0.05, 0) is 29.7 Å². The standard InChI is InChI=1S/C12H13ClO2/c1-2-4-9(8-12(14)15)10-5-3-6-11(13)7-10/h3,5-8H,2,4H2,1H3,(H,14,15). The average molecular weight is 225 g/mol. The lowest BCUT2D eigenvalue weighted by Crippen LogP contribution is -1.92. The number of hydrogen-bond donors (Lipinski definition) is 1. The van der Waals surface area contributed by atoms with Crippen LogP contribution in [-0.4, -0.2) is 11.1 Å². The van der Waals surface area contributed by atoms with Gasteiger partial charge in [0.05, 0.1) is 0 Å². The van der Waals surface area contributed by atoms with E-state index in [0.29, 0.717) is 5.02 Å². The topological polar surface area (TPSA) is 37.3 Å². The van der Waals surface area contributed by atoms with Gasteiger partial charge in [0.1, 0.15) is 0 Å². The number of halogens is 1. The van der Waals surface area contributed by atoms with Crippen molar-refractivity contribution in [2.24, 2.45) is 0 Å². The van der Waals surface area contributed by atoms with E-state index >= 15 is 0 Å². The van der Waals surface area contributed by atoms with Crippen molar-refractivity contribution in [3.63, 3.8) is 0 Å². The van der Waals surface area contributed by atoms with E-state index in [-0.39, 0.29) is 0 Å². The third-order valence-electron chi connectivity index (χ3n) is 2.01. The molecule has 80 valence electrons. The Morgan fingerprint density at radius 2 is 2.27 bits per heavy atom. The van der Waals surface area contributed by atoms with Crippen LogP contribution in [0.15, 0.2) is 30.3 Å². The van der Waals surface area contributed by atoms with E-state index in [4.69, 9.17) is 16.7 Å². The molecule has 0 radical (unpaired) electrons. The first kappa shape index (κ1) is 11.8. The molecule has 15 heavy (non-hydrogen) atoms. The number of carboxylic acid groups (broad SMARTS) is 1. The third-order valence-corrected chi connectivity index (χ3v) is 2.25. The van der Waals surface area contributed by atoms with Crippen LogP contribution in [-0.2, 0) is 4.79 Å². The van der Waals surface area contributed by atoms with Gasteiger partial charge in [0.15, 0.2) is 0 Å². The largest absolute Gasteiger partial charge is 0.478 e. The molecule has 0 saturated carbocycles. The van der Waals surface area contributed by atoms with E-state index in [1.165, 1.54) is 6.08 Å². The fourth-order valence-electron chi connectivity index (χ4n) is 1.41. The molecule has 0 saturated heterocycles. The van der Waals surface area contributed by atoms with Crippen LogP contribution in [0.1, 0.15) is 25.3 Å². The maximum Gasteiger partial charge on any atom is 0.328 e. The Hall–Kier alpha value is -1.28. The minimum absolute atomic E-state index is 0.625. The first-order valence-electron chi connectivity index (χ1n) is 4.83. The Kier molecular flexibility index (Phi) is 4.37. The van der Waals surface area contributed by atoms with Crippen LogP contribution in [0, 0.1) is 0 Å². The lowest BCUT2D eigenvalue weighted by atomic mass is 10.0. The van der Waals surface area contributed by atoms with Gasteiger partial charge in [-0.25, -0.2) is 4.79 Å². The lowest BCUT2D eigenvalue weighted by Gasteiger charge is -2.05. The van der Waals surface area contributed by atoms with Crippen LogP contribution in [0.25, 0.3) is 5.57 Å². The van der Waals surface area contributed by atoms with Gasteiger partial charge >= 0.3 is 5.97 Å². The summed E-state index contributed by atoms with van der Waals surface area (Å²) in [6.45, 7) is 2.01. The molecular formula is C12H13ClO2. The molecule has 0 aliphatic heterocycles. The van der Waals surface area contributed by atoms with Crippen LogP contribution < -0.4 is 0 Å². The molecule has 0 fully saturated rings. The SMILES string of the molecule is CCCC(=CC(=O)O)c1cccc(Cl)c1. The van der Waals surface area contributed by atoms with E-state index in [1.807, 2.05) is 19.1 Å². The maximum absolute atomic E-state index is 10.6. The van der Waals surface area contributed by atoms with Crippen molar-refractivity contribution in [2.45, 2.75) is 19.8 Å². The van der Waals surface area contributed by atoms with Crippen molar-refractivity contribution >= 4 is 23.1 Å². The molecule has 0 spiro atoms. The molecule has 2 nitrogen and oxygen atoms in total. The van der Waals surface area contributed by atoms with Crippen molar-refractivity contribution in [1.29, 1.82) is 0 Å². The summed E-state index contributed by atoms with van der Waals surface area (Å²) in [6, 6.07) is 7.25. The van der Waals surface area contributed by atoms with E-state index in [0.717, 1.165) is 24.0 Å². The quantitative estimate of drug-likeness (QED) is 0.794. The van der Waals surface area contributed by atoms with Crippen LogP contribution in [0.4, 0.5) is 0 Å². The summed E-state index contributed by atoms with van der Waals surface area (Å²) in [5.41, 5.74) is 1.69. The van der Waals surface area contributed by atoms with Crippen molar-refractivity contribution in [3.05, 3.63) is 40.9 Å². The van der Waals surface area contributed by atoms with E-state index in [1.54, 1.807) is 12.1 Å². The molecule has 1 N–H and O–H groups in total. The van der Waals surface area contributed by atoms with Gasteiger partial charge in [0, 0.05) is 11.1 Å². The maximum atomic E-state index is 10.6. The monoisotopic (exact) mass is 224 g/mol. The zero-order chi connectivity index (χ0) is 11.3. The Labute approximate surface area is 94.2 Å². The fourth-order valence-corrected chi connectivity index (χ4v) is 1.60. The highest BCUT2D eigenvalue weighted by molar-refractivity contribution is 6.30. The highest BCUT2D eigenvalue weighted by Crippen LogP contribution is 2.22. The summed E-state index contributed by atoms with van der Waals surface area (Å²) < 4.78 is 0. The molecular weight excluding hydrogens is 212 g/mol. The highest BCUT2D eigenvalue weighted by Gasteiger charge is 2.03. The minimum atomic E-state index is -0.918. The lowest BCUT2D eigenvalue weighted by molar-refractivity contribution is -0.131. The number of allylic oxidation sites excluding steroid dienone is 1. The second-order valence-electron chi connectivity index (χ2n) is 3.27. The van der Waals surface area contributed by atoms with Gasteiger partial charge in [-0.3, -0.25) is 0 Å². The summed E-state index contributed by atoms with van der Waals surface area (Å²) in [7, 11) is 0. The molecule has 0 bridgehead atoms. The first-order chi connectivity index (χ1) is 7.13. The van der Waals surface area contributed by atoms with Crippen LogP contribution in [0.5, 0.6) is 0 Å². The van der Waals surface area contributed by atoms with E-state index in [9.17, 15) is 4.79 Å². The molecule has 0 aromatic heterocycles. The van der Waals surface area contributed by atoms with Crippen LogP contribution >= 0.6 is 11.6 Å². The summed E-state index contributed by atoms with van der Waals surface area (Å²) in [5.74, 6) is -0.918. The number of hydrogen-bond acceptors (Lipinski definition) is 1. The Morgan fingerprint density at radius 1 is 1.53 bits per heavy atom. The number of rotatable bonds is 4.